The molecule has 0 bridgehead atoms. The number of terminal acetylenes is 1. The van der Waals surface area contributed by atoms with Crippen LogP contribution >= 0.6 is 0 Å². The molecule has 5 nitrogen and oxygen atoms in total. The van der Waals surface area contributed by atoms with Crippen LogP contribution in [0, 0.1) is 18.3 Å². The minimum Gasteiger partial charge on any atom is -0.444 e. The molecule has 1 rings (SSSR count). The maximum absolute atomic E-state index is 12.0. The summed E-state index contributed by atoms with van der Waals surface area (Å²) >= 11 is 0. The van der Waals surface area contributed by atoms with Crippen LogP contribution in [0.1, 0.15) is 46.5 Å². The van der Waals surface area contributed by atoms with Crippen LogP contribution in [-0.4, -0.2) is 30.2 Å². The Kier molecular flexibility index (Phi) is 5.87. The van der Waals surface area contributed by atoms with Gasteiger partial charge in [0, 0.05) is 6.04 Å². The lowest BCUT2D eigenvalue weighted by molar-refractivity contribution is -0.126. The zero-order chi connectivity index (χ0) is 15.2. The van der Waals surface area contributed by atoms with Crippen LogP contribution in [-0.2, 0) is 9.53 Å². The summed E-state index contributed by atoms with van der Waals surface area (Å²) in [5.74, 6) is 2.05. The number of hydrogen-bond donors (Lipinski definition) is 2. The number of nitrogens with one attached hydrogen (secondary N) is 2. The van der Waals surface area contributed by atoms with E-state index in [1.54, 1.807) is 0 Å². The predicted molar refractivity (Wildman–Crippen MR) is 77.0 cm³/mol. The summed E-state index contributed by atoms with van der Waals surface area (Å²) in [6.45, 7) is 5.65. The number of ether oxygens (including phenoxy) is 1. The molecule has 0 radical (unpaired) electrons. The molecule has 0 aliphatic heterocycles. The van der Waals surface area contributed by atoms with Crippen molar-refractivity contribution in [3.63, 3.8) is 0 Å². The maximum atomic E-state index is 12.0. The molecule has 2 N–H and O–H groups in total. The van der Waals surface area contributed by atoms with E-state index in [0.29, 0.717) is 0 Å². The number of rotatable bonds is 3. The van der Waals surface area contributed by atoms with Crippen molar-refractivity contribution in [2.24, 2.45) is 5.92 Å². The fourth-order valence-corrected chi connectivity index (χ4v) is 2.35. The van der Waals surface area contributed by atoms with Crippen molar-refractivity contribution in [2.45, 2.75) is 58.1 Å². The van der Waals surface area contributed by atoms with Crippen LogP contribution in [0.5, 0.6) is 0 Å². The molecule has 20 heavy (non-hydrogen) atoms. The summed E-state index contributed by atoms with van der Waals surface area (Å²) in [5.41, 5.74) is -0.542. The van der Waals surface area contributed by atoms with Crippen LogP contribution in [0.25, 0.3) is 0 Å². The fraction of sp³-hybridized carbons (Fsp3) is 0.733. The van der Waals surface area contributed by atoms with Gasteiger partial charge in [-0.15, -0.1) is 6.42 Å². The summed E-state index contributed by atoms with van der Waals surface area (Å²) in [4.78, 5) is 23.8. The molecule has 0 aromatic rings. The molecule has 2 unspecified atom stereocenters. The third-order valence-electron chi connectivity index (χ3n) is 3.17. The first-order chi connectivity index (χ1) is 9.33. The van der Waals surface area contributed by atoms with Gasteiger partial charge in [0.05, 0.1) is 12.5 Å². The lowest BCUT2D eigenvalue weighted by Gasteiger charge is -2.31. The van der Waals surface area contributed by atoms with Crippen molar-refractivity contribution >= 4 is 12.0 Å². The largest absolute Gasteiger partial charge is 0.444 e. The van der Waals surface area contributed by atoms with Gasteiger partial charge in [-0.25, -0.2) is 4.79 Å². The van der Waals surface area contributed by atoms with Gasteiger partial charge in [0.2, 0.25) is 5.91 Å². The maximum Gasteiger partial charge on any atom is 0.407 e. The quantitative estimate of drug-likeness (QED) is 0.775. The predicted octanol–water partition coefficient (Wildman–Crippen LogP) is 1.82. The molecule has 1 saturated carbocycles. The van der Waals surface area contributed by atoms with E-state index in [0.717, 1.165) is 25.7 Å². The monoisotopic (exact) mass is 280 g/mol. The number of amides is 2. The van der Waals surface area contributed by atoms with Gasteiger partial charge in [0.1, 0.15) is 5.60 Å². The topological polar surface area (TPSA) is 67.4 Å². The second-order valence-electron chi connectivity index (χ2n) is 6.07. The first-order valence-corrected chi connectivity index (χ1v) is 7.04. The average molecular weight is 280 g/mol. The number of hydrogen-bond acceptors (Lipinski definition) is 3. The van der Waals surface area contributed by atoms with Crippen molar-refractivity contribution < 1.29 is 14.3 Å². The van der Waals surface area contributed by atoms with E-state index in [-0.39, 0.29) is 24.4 Å². The van der Waals surface area contributed by atoms with Gasteiger partial charge in [-0.05, 0) is 33.6 Å². The fourth-order valence-electron chi connectivity index (χ4n) is 2.35. The average Bonchev–Trinajstić information content (AvgIpc) is 2.34. The van der Waals surface area contributed by atoms with E-state index < -0.39 is 11.7 Å². The SMILES string of the molecule is C#CCNC(=O)C1CCCCC1NC(=O)OC(C)(C)C. The van der Waals surface area contributed by atoms with Crippen LogP contribution in [0.15, 0.2) is 0 Å². The molecular formula is C15H24N2O3. The van der Waals surface area contributed by atoms with Crippen molar-refractivity contribution in [3.05, 3.63) is 0 Å². The highest BCUT2D eigenvalue weighted by molar-refractivity contribution is 5.80. The van der Waals surface area contributed by atoms with Crippen molar-refractivity contribution in [3.8, 4) is 12.3 Å². The second kappa shape index (κ2) is 7.18. The number of carbonyl (C=O) groups excluding carboxylic acids is 2. The van der Waals surface area contributed by atoms with Gasteiger partial charge in [-0.3, -0.25) is 4.79 Å². The van der Waals surface area contributed by atoms with Gasteiger partial charge in [-0.2, -0.15) is 0 Å². The number of carbonyl (C=O) groups is 2. The summed E-state index contributed by atoms with van der Waals surface area (Å²) < 4.78 is 5.24. The first-order valence-electron chi connectivity index (χ1n) is 7.04. The lowest BCUT2D eigenvalue weighted by Crippen LogP contribution is -2.49. The number of alkyl carbamates (subject to hydrolysis) is 1. The van der Waals surface area contributed by atoms with Crippen LogP contribution in [0.4, 0.5) is 4.79 Å². The molecule has 2 amide bonds. The highest BCUT2D eigenvalue weighted by atomic mass is 16.6. The molecule has 1 fully saturated rings. The molecule has 0 aromatic heterocycles. The van der Waals surface area contributed by atoms with E-state index in [2.05, 4.69) is 16.6 Å². The van der Waals surface area contributed by atoms with E-state index in [1.807, 2.05) is 20.8 Å². The Balaban J connectivity index is 2.58. The Hall–Kier alpha value is -1.70. The summed E-state index contributed by atoms with van der Waals surface area (Å²) in [7, 11) is 0. The highest BCUT2D eigenvalue weighted by Crippen LogP contribution is 2.25. The third kappa shape index (κ3) is 5.52. The Morgan fingerprint density at radius 1 is 1.30 bits per heavy atom. The van der Waals surface area contributed by atoms with Crippen molar-refractivity contribution in [2.75, 3.05) is 6.54 Å². The lowest BCUT2D eigenvalue weighted by atomic mass is 9.84. The minimum atomic E-state index is -0.542. The Labute approximate surface area is 120 Å². The molecule has 0 saturated heterocycles. The molecular weight excluding hydrogens is 256 g/mol. The highest BCUT2D eigenvalue weighted by Gasteiger charge is 2.32. The smallest absolute Gasteiger partial charge is 0.407 e. The summed E-state index contributed by atoms with van der Waals surface area (Å²) in [5, 5.41) is 5.50. The molecule has 5 heteroatoms. The Morgan fingerprint density at radius 3 is 2.55 bits per heavy atom. The van der Waals surface area contributed by atoms with Crippen molar-refractivity contribution in [1.82, 2.24) is 10.6 Å². The van der Waals surface area contributed by atoms with Crippen LogP contribution in [0.3, 0.4) is 0 Å². The molecule has 112 valence electrons. The molecule has 2 atom stereocenters. The molecule has 0 spiro atoms. The molecule has 1 aliphatic rings. The zero-order valence-electron chi connectivity index (χ0n) is 12.5. The van der Waals surface area contributed by atoms with Crippen LogP contribution in [0.2, 0.25) is 0 Å². The third-order valence-corrected chi connectivity index (χ3v) is 3.17. The minimum absolute atomic E-state index is 0.0938. The molecule has 0 heterocycles. The molecule has 1 aliphatic carbocycles. The standard InChI is InChI=1S/C15H24N2O3/c1-5-10-16-13(18)11-8-6-7-9-12(11)17-14(19)20-15(2,3)4/h1,11-12H,6-10H2,2-4H3,(H,16,18)(H,17,19). The Bertz CT molecular complexity index is 393. The van der Waals surface area contributed by atoms with Crippen molar-refractivity contribution in [1.29, 1.82) is 0 Å². The van der Waals surface area contributed by atoms with E-state index >= 15 is 0 Å². The van der Waals surface area contributed by atoms with Gasteiger partial charge < -0.3 is 15.4 Å². The Morgan fingerprint density at radius 2 is 1.95 bits per heavy atom. The van der Waals surface area contributed by atoms with Gasteiger partial charge >= 0.3 is 6.09 Å². The van der Waals surface area contributed by atoms with E-state index in [4.69, 9.17) is 11.2 Å². The van der Waals surface area contributed by atoms with Gasteiger partial charge in [0.25, 0.3) is 0 Å². The van der Waals surface area contributed by atoms with Crippen LogP contribution < -0.4 is 10.6 Å². The molecule has 0 aromatic carbocycles. The normalized spacial score (nSPS) is 22.5. The first kappa shape index (κ1) is 16.4. The van der Waals surface area contributed by atoms with E-state index in [9.17, 15) is 9.59 Å². The summed E-state index contributed by atoms with van der Waals surface area (Å²) in [6, 6.07) is -0.184. The summed E-state index contributed by atoms with van der Waals surface area (Å²) in [6.07, 6.45) is 8.20. The zero-order valence-corrected chi connectivity index (χ0v) is 12.5. The second-order valence-corrected chi connectivity index (χ2v) is 6.07. The van der Waals surface area contributed by atoms with E-state index in [1.165, 1.54) is 0 Å². The van der Waals surface area contributed by atoms with Gasteiger partial charge in [-0.1, -0.05) is 18.8 Å². The van der Waals surface area contributed by atoms with Gasteiger partial charge in [0.15, 0.2) is 0 Å².